The van der Waals surface area contributed by atoms with Crippen LogP contribution in [0, 0.1) is 17.5 Å². The first kappa shape index (κ1) is 28.8. The number of cyclic esters (lactones) is 1. The molecule has 1 amide bonds. The number of amides is 1. The van der Waals surface area contributed by atoms with E-state index in [1.807, 2.05) is 30.3 Å². The molecule has 182 valence electrons. The molecule has 1 fully saturated rings. The number of carbonyl (C=O) groups excluding carboxylic acids is 2. The Morgan fingerprint density at radius 1 is 1.06 bits per heavy atom. The third kappa shape index (κ3) is 7.07. The van der Waals surface area contributed by atoms with Gasteiger partial charge in [0.1, 0.15) is 12.4 Å². The Balaban J connectivity index is 0.00000216. The van der Waals surface area contributed by atoms with E-state index >= 15 is 0 Å². The monoisotopic (exact) mass is 492 g/mol. The Hall–Kier alpha value is -2.39. The van der Waals surface area contributed by atoms with Crippen LogP contribution in [0.4, 0.5) is 9.18 Å². The van der Waals surface area contributed by atoms with Crippen molar-refractivity contribution in [2.75, 3.05) is 13.1 Å². The smallest absolute Gasteiger partial charge is 0.870 e. The van der Waals surface area contributed by atoms with Crippen molar-refractivity contribution in [3.63, 3.8) is 0 Å². The minimum absolute atomic E-state index is 0. The van der Waals surface area contributed by atoms with Gasteiger partial charge in [0, 0.05) is 26.9 Å². The average Bonchev–Trinajstić information content (AvgIpc) is 2.79. The van der Waals surface area contributed by atoms with Gasteiger partial charge in [-0.3, -0.25) is 0 Å². The van der Waals surface area contributed by atoms with Crippen molar-refractivity contribution in [1.82, 2.24) is 4.90 Å². The van der Waals surface area contributed by atoms with Crippen molar-refractivity contribution in [3.05, 3.63) is 83.4 Å². The minimum Gasteiger partial charge on any atom is -0.870 e. The molecule has 0 radical (unpaired) electrons. The molecule has 2 aromatic rings. The molecule has 0 saturated carbocycles. The Bertz CT molecular complexity index is 1030. The summed E-state index contributed by atoms with van der Waals surface area (Å²) in [4.78, 5) is 27.1. The summed E-state index contributed by atoms with van der Waals surface area (Å²) in [6, 6.07) is 15.7. The van der Waals surface area contributed by atoms with Gasteiger partial charge in [0.2, 0.25) is 5.79 Å². The van der Waals surface area contributed by atoms with Crippen molar-refractivity contribution in [2.45, 2.75) is 45.5 Å². The molecule has 2 heterocycles. The number of rotatable bonds is 5. The van der Waals surface area contributed by atoms with Gasteiger partial charge in [-0.2, -0.15) is 0 Å². The molecule has 2 aliphatic rings. The molecule has 4 rings (SSSR count). The fraction of sp³-hybridized carbons (Fsp3) is 0.385. The van der Waals surface area contributed by atoms with Crippen LogP contribution in [0.25, 0.3) is 0 Å². The summed E-state index contributed by atoms with van der Waals surface area (Å²) in [6.45, 7) is 4.29. The van der Waals surface area contributed by atoms with Gasteiger partial charge >= 0.3 is 35.7 Å². The van der Waals surface area contributed by atoms with E-state index in [0.29, 0.717) is 37.9 Å². The van der Waals surface area contributed by atoms with Crippen molar-refractivity contribution < 1.29 is 63.2 Å². The number of hydrogen-bond acceptors (Lipinski definition) is 6. The predicted octanol–water partition coefficient (Wildman–Crippen LogP) is 1.61. The second kappa shape index (κ2) is 12.0. The topological polar surface area (TPSA) is 95.1 Å². The summed E-state index contributed by atoms with van der Waals surface area (Å²) >= 11 is 0. The van der Waals surface area contributed by atoms with Gasteiger partial charge in [-0.25, -0.2) is 9.18 Å². The number of hydrogen-bond donors (Lipinski definition) is 0. The number of likely N-dealkylation sites (tertiary alicyclic amines) is 1. The molecule has 7 nitrogen and oxygen atoms in total. The normalized spacial score (nSPS) is 18.1. The number of ether oxygens (including phenoxy) is 3. The van der Waals surface area contributed by atoms with Crippen molar-refractivity contribution >= 4 is 12.1 Å². The van der Waals surface area contributed by atoms with E-state index in [1.165, 1.54) is 12.1 Å². The summed E-state index contributed by atoms with van der Waals surface area (Å²) in [5.74, 6) is -1.88. The summed E-state index contributed by atoms with van der Waals surface area (Å²) in [5, 5.41) is 0. The quantitative estimate of drug-likeness (QED) is 0.358. The summed E-state index contributed by atoms with van der Waals surface area (Å²) < 4.78 is 29.9. The number of nitrogens with zero attached hydrogens (tertiary/aromatic N) is 1. The molecule has 0 aromatic heterocycles. The number of esters is 1. The molecule has 9 heteroatoms. The first-order chi connectivity index (χ1) is 15.8. The fourth-order valence-electron chi connectivity index (χ4n) is 4.27. The van der Waals surface area contributed by atoms with E-state index < -0.39 is 23.3 Å². The number of halogens is 1. The fourth-order valence-corrected chi connectivity index (χ4v) is 4.27. The Morgan fingerprint density at radius 3 is 2.29 bits per heavy atom. The van der Waals surface area contributed by atoms with Gasteiger partial charge in [0.05, 0.1) is 0 Å². The molecule has 2 aliphatic heterocycles. The zero-order chi connectivity index (χ0) is 23.5. The first-order valence-corrected chi connectivity index (χ1v) is 11.0. The maximum atomic E-state index is 13.4. The standard InChI is InChI=1S/C26H27FNO5.Na.H2O/c1-25(2)32-18-22(23(29)33-25)26(16-19-8-10-21(27)11-9-19)12-14-28(15-13-26)24(30)31-17-20-6-4-3-5-7-20;;/h3-11H,12-17H2,1-2H3;;1H2/q-1;+1;/p-1. The van der Waals surface area contributed by atoms with E-state index in [9.17, 15) is 14.0 Å². The minimum atomic E-state index is -1.08. The van der Waals surface area contributed by atoms with E-state index in [-0.39, 0.29) is 47.5 Å². The number of carbonyl (C=O) groups is 2. The molecule has 0 spiro atoms. The predicted molar refractivity (Wildman–Crippen MR) is 120 cm³/mol. The van der Waals surface area contributed by atoms with Gasteiger partial charge in [-0.15, -0.1) is 0 Å². The van der Waals surface area contributed by atoms with Crippen LogP contribution in [-0.4, -0.2) is 41.3 Å². The molecule has 35 heavy (non-hydrogen) atoms. The second-order valence-electron chi connectivity index (χ2n) is 8.98. The Labute approximate surface area is 226 Å². The average molecular weight is 492 g/mol. The largest absolute Gasteiger partial charge is 1.00 e. The van der Waals surface area contributed by atoms with Crippen molar-refractivity contribution in [3.8, 4) is 0 Å². The van der Waals surface area contributed by atoms with Crippen molar-refractivity contribution in [2.24, 2.45) is 5.41 Å². The Kier molecular flexibility index (Phi) is 9.92. The summed E-state index contributed by atoms with van der Waals surface area (Å²) in [7, 11) is 0. The van der Waals surface area contributed by atoms with E-state index in [1.54, 1.807) is 30.9 Å². The molecule has 0 unspecified atom stereocenters. The second-order valence-corrected chi connectivity index (χ2v) is 8.98. The van der Waals surface area contributed by atoms with Crippen LogP contribution in [0.3, 0.4) is 0 Å². The van der Waals surface area contributed by atoms with E-state index in [2.05, 4.69) is 6.26 Å². The Morgan fingerprint density at radius 2 is 1.69 bits per heavy atom. The third-order valence-corrected chi connectivity index (χ3v) is 6.11. The molecule has 1 saturated heterocycles. The van der Waals surface area contributed by atoms with Gasteiger partial charge in [0.25, 0.3) is 0 Å². The first-order valence-electron chi connectivity index (χ1n) is 11.0. The zero-order valence-corrected chi connectivity index (χ0v) is 22.3. The molecule has 1 N–H and O–H groups in total. The van der Waals surface area contributed by atoms with Crippen LogP contribution in [0.1, 0.15) is 37.8 Å². The SMILES string of the molecule is CC1(C)O[C-]=C(C2(Cc3ccc(F)cc3)CCN(C(=O)OCc3ccccc3)CC2)C(=O)O1.[Na+].[OH-]. The van der Waals surface area contributed by atoms with Crippen LogP contribution in [-0.2, 0) is 32.0 Å². The van der Waals surface area contributed by atoms with Crippen molar-refractivity contribution in [1.29, 1.82) is 0 Å². The number of piperidine rings is 1. The maximum absolute atomic E-state index is 13.4. The van der Waals surface area contributed by atoms with Crippen LogP contribution in [0.15, 0.2) is 60.2 Å². The maximum Gasteiger partial charge on any atom is 1.00 e. The van der Waals surface area contributed by atoms with Crippen LogP contribution < -0.4 is 29.6 Å². The molecule has 2 aromatic carbocycles. The van der Waals surface area contributed by atoms with Gasteiger partial charge in [-0.05, 0) is 47.9 Å². The molecule has 0 atom stereocenters. The van der Waals surface area contributed by atoms with Gasteiger partial charge < -0.3 is 29.4 Å². The molecule has 0 bridgehead atoms. The molecular weight excluding hydrogens is 464 g/mol. The molecular formula is C26H28FNNaO6-. The zero-order valence-electron chi connectivity index (χ0n) is 20.3. The van der Waals surface area contributed by atoms with Gasteiger partial charge in [0.15, 0.2) is 5.97 Å². The summed E-state index contributed by atoms with van der Waals surface area (Å²) in [5.41, 5.74) is 1.46. The van der Waals surface area contributed by atoms with Crippen LogP contribution in [0.5, 0.6) is 0 Å². The van der Waals surface area contributed by atoms with E-state index in [0.717, 1.165) is 11.1 Å². The molecule has 0 aliphatic carbocycles. The van der Waals surface area contributed by atoms with E-state index in [4.69, 9.17) is 14.2 Å². The van der Waals surface area contributed by atoms with Crippen LogP contribution >= 0.6 is 0 Å². The summed E-state index contributed by atoms with van der Waals surface area (Å²) in [6.07, 6.45) is 3.89. The number of benzene rings is 2. The van der Waals surface area contributed by atoms with Crippen LogP contribution in [0.2, 0.25) is 0 Å². The van der Waals surface area contributed by atoms with Gasteiger partial charge in [-0.1, -0.05) is 54.3 Å². The third-order valence-electron chi connectivity index (χ3n) is 6.11.